The highest BCUT2D eigenvalue weighted by Gasteiger charge is 2.25. The van der Waals surface area contributed by atoms with Crippen molar-refractivity contribution in [3.05, 3.63) is 5.43 Å². The third-order valence-electron chi connectivity index (χ3n) is 1.81. The standard InChI is InChI=1S/C6H12N3S/c1-6-4-8(5-6)9-7-2-3-10-9/h6H,2-5H2,1H3/q-1. The summed E-state index contributed by atoms with van der Waals surface area (Å²) >= 11 is 1.82. The van der Waals surface area contributed by atoms with Crippen molar-refractivity contribution in [2.24, 2.45) is 5.92 Å². The van der Waals surface area contributed by atoms with Gasteiger partial charge in [0.2, 0.25) is 0 Å². The van der Waals surface area contributed by atoms with Crippen molar-refractivity contribution < 1.29 is 0 Å². The summed E-state index contributed by atoms with van der Waals surface area (Å²) in [4.78, 5) is 0. The molecule has 0 atom stereocenters. The zero-order valence-corrected chi connectivity index (χ0v) is 6.97. The van der Waals surface area contributed by atoms with Gasteiger partial charge in [-0.15, -0.1) is 6.54 Å². The second-order valence-electron chi connectivity index (χ2n) is 2.93. The van der Waals surface area contributed by atoms with Crippen molar-refractivity contribution in [2.75, 3.05) is 25.4 Å². The lowest BCUT2D eigenvalue weighted by atomic mass is 10.1. The van der Waals surface area contributed by atoms with E-state index >= 15 is 0 Å². The highest BCUT2D eigenvalue weighted by Crippen LogP contribution is 2.30. The smallest absolute Gasteiger partial charge is 0.0164 e. The molecular weight excluding hydrogens is 146 g/mol. The van der Waals surface area contributed by atoms with Crippen LogP contribution in [-0.2, 0) is 0 Å². The average Bonchev–Trinajstić information content (AvgIpc) is 2.31. The van der Waals surface area contributed by atoms with Crippen molar-refractivity contribution in [2.45, 2.75) is 6.92 Å². The molecule has 2 fully saturated rings. The van der Waals surface area contributed by atoms with Crippen LogP contribution in [0.1, 0.15) is 6.92 Å². The van der Waals surface area contributed by atoms with E-state index in [1.54, 1.807) is 0 Å². The Morgan fingerprint density at radius 2 is 2.30 bits per heavy atom. The summed E-state index contributed by atoms with van der Waals surface area (Å²) in [5, 5.41) is 2.29. The molecule has 0 unspecified atom stereocenters. The minimum absolute atomic E-state index is 0.872. The van der Waals surface area contributed by atoms with Crippen molar-refractivity contribution in [3.8, 4) is 0 Å². The fourth-order valence-corrected chi connectivity index (χ4v) is 2.05. The zero-order chi connectivity index (χ0) is 6.97. The molecule has 0 aromatic heterocycles. The van der Waals surface area contributed by atoms with E-state index in [0.717, 1.165) is 18.2 Å². The van der Waals surface area contributed by atoms with Crippen LogP contribution in [-0.4, -0.2) is 34.9 Å². The van der Waals surface area contributed by atoms with Gasteiger partial charge in [0.15, 0.2) is 0 Å². The predicted octanol–water partition coefficient (Wildman–Crippen LogP) is 1.11. The lowest BCUT2D eigenvalue weighted by Crippen LogP contribution is -2.50. The fourth-order valence-electron chi connectivity index (χ4n) is 1.27. The minimum Gasteiger partial charge on any atom is -0.568 e. The van der Waals surface area contributed by atoms with Gasteiger partial charge in [0.05, 0.1) is 0 Å². The van der Waals surface area contributed by atoms with E-state index in [-0.39, 0.29) is 0 Å². The SMILES string of the molecule is CC1CN(N2[N-]CCS2)C1. The molecule has 0 aromatic rings. The summed E-state index contributed by atoms with van der Waals surface area (Å²) in [6.45, 7) is 5.65. The van der Waals surface area contributed by atoms with Gasteiger partial charge in [0.1, 0.15) is 0 Å². The van der Waals surface area contributed by atoms with Crippen LogP contribution in [0.3, 0.4) is 0 Å². The molecule has 0 aliphatic carbocycles. The van der Waals surface area contributed by atoms with E-state index in [4.69, 9.17) is 0 Å². The Morgan fingerprint density at radius 1 is 1.50 bits per heavy atom. The third-order valence-corrected chi connectivity index (χ3v) is 2.75. The molecule has 0 radical (unpaired) electrons. The van der Waals surface area contributed by atoms with Gasteiger partial charge in [0.25, 0.3) is 0 Å². The predicted molar refractivity (Wildman–Crippen MR) is 43.3 cm³/mol. The summed E-state index contributed by atoms with van der Waals surface area (Å²) < 4.78 is 2.06. The van der Waals surface area contributed by atoms with Crippen LogP contribution >= 0.6 is 11.9 Å². The maximum Gasteiger partial charge on any atom is 0.0164 e. The Labute approximate surface area is 65.8 Å². The summed E-state index contributed by atoms with van der Waals surface area (Å²) in [7, 11) is 0. The molecule has 2 aliphatic rings. The first kappa shape index (κ1) is 6.91. The number of rotatable bonds is 1. The maximum atomic E-state index is 4.31. The molecule has 0 aromatic carbocycles. The third kappa shape index (κ3) is 1.16. The molecule has 4 heteroatoms. The van der Waals surface area contributed by atoms with Gasteiger partial charge in [-0.3, -0.25) is 4.52 Å². The molecule has 2 heterocycles. The summed E-state index contributed by atoms with van der Waals surface area (Å²) in [5.74, 6) is 2.03. The second-order valence-corrected chi connectivity index (χ2v) is 3.92. The van der Waals surface area contributed by atoms with Crippen LogP contribution in [0.5, 0.6) is 0 Å². The molecule has 2 rings (SSSR count). The quantitative estimate of drug-likeness (QED) is 0.533. The van der Waals surface area contributed by atoms with Gasteiger partial charge in [0, 0.05) is 13.1 Å². The van der Waals surface area contributed by atoms with Gasteiger partial charge in [-0.1, -0.05) is 18.9 Å². The zero-order valence-electron chi connectivity index (χ0n) is 6.16. The number of hydrogen-bond acceptors (Lipinski definition) is 3. The molecule has 10 heavy (non-hydrogen) atoms. The van der Waals surface area contributed by atoms with E-state index in [0.29, 0.717) is 0 Å². The van der Waals surface area contributed by atoms with E-state index < -0.39 is 0 Å². The Kier molecular flexibility index (Phi) is 1.86. The van der Waals surface area contributed by atoms with Crippen LogP contribution in [0, 0.1) is 5.92 Å². The molecule has 58 valence electrons. The van der Waals surface area contributed by atoms with Gasteiger partial charge >= 0.3 is 0 Å². The van der Waals surface area contributed by atoms with E-state index in [2.05, 4.69) is 21.9 Å². The number of hydrazine groups is 1. The summed E-state index contributed by atoms with van der Waals surface area (Å²) in [6, 6.07) is 0. The highest BCUT2D eigenvalue weighted by molar-refractivity contribution is 7.97. The van der Waals surface area contributed by atoms with Gasteiger partial charge in [-0.25, -0.2) is 5.01 Å². The first-order chi connectivity index (χ1) is 4.86. The van der Waals surface area contributed by atoms with Crippen LogP contribution in [0.25, 0.3) is 5.43 Å². The molecule has 0 amide bonds. The molecule has 0 bridgehead atoms. The monoisotopic (exact) mass is 158 g/mol. The topological polar surface area (TPSA) is 20.6 Å². The lowest BCUT2D eigenvalue weighted by molar-refractivity contribution is -0.00625. The van der Waals surface area contributed by atoms with Crippen molar-refractivity contribution >= 4 is 11.9 Å². The van der Waals surface area contributed by atoms with Crippen molar-refractivity contribution in [1.29, 1.82) is 0 Å². The van der Waals surface area contributed by atoms with E-state index in [9.17, 15) is 0 Å². The Bertz CT molecular complexity index is 118. The molecule has 0 spiro atoms. The van der Waals surface area contributed by atoms with Gasteiger partial charge in [-0.05, 0) is 11.7 Å². The van der Waals surface area contributed by atoms with Crippen LogP contribution in [0.15, 0.2) is 0 Å². The maximum absolute atomic E-state index is 4.31. The molecule has 0 saturated carbocycles. The fraction of sp³-hybridized carbons (Fsp3) is 1.00. The van der Waals surface area contributed by atoms with Gasteiger partial charge < -0.3 is 5.43 Å². The summed E-state index contributed by atoms with van der Waals surface area (Å²) in [6.07, 6.45) is 0. The Balaban J connectivity index is 1.78. The molecule has 0 N–H and O–H groups in total. The Hall–Kier alpha value is 0.230. The van der Waals surface area contributed by atoms with Crippen molar-refractivity contribution in [3.63, 3.8) is 0 Å². The highest BCUT2D eigenvalue weighted by atomic mass is 32.2. The minimum atomic E-state index is 0.872. The van der Waals surface area contributed by atoms with Crippen molar-refractivity contribution in [1.82, 2.24) is 9.53 Å². The average molecular weight is 158 g/mol. The normalized spacial score (nSPS) is 30.9. The lowest BCUT2D eigenvalue weighted by Gasteiger charge is -2.48. The largest absolute Gasteiger partial charge is 0.568 e. The Morgan fingerprint density at radius 3 is 2.80 bits per heavy atom. The molecule has 3 nitrogen and oxygen atoms in total. The van der Waals surface area contributed by atoms with Gasteiger partial charge in [-0.2, -0.15) is 0 Å². The number of nitrogens with zero attached hydrogens (tertiary/aromatic N) is 3. The molecular formula is C6H12N3S-. The van der Waals surface area contributed by atoms with E-state index in [1.807, 2.05) is 11.9 Å². The first-order valence-corrected chi connectivity index (χ1v) is 4.66. The van der Waals surface area contributed by atoms with Crippen LogP contribution in [0.2, 0.25) is 0 Å². The first-order valence-electron chi connectivity index (χ1n) is 3.71. The molecule has 2 aliphatic heterocycles. The van der Waals surface area contributed by atoms with Crippen LogP contribution in [0.4, 0.5) is 0 Å². The van der Waals surface area contributed by atoms with E-state index in [1.165, 1.54) is 13.1 Å². The number of hydrogen-bond donors (Lipinski definition) is 0. The van der Waals surface area contributed by atoms with Crippen LogP contribution < -0.4 is 0 Å². The second kappa shape index (κ2) is 2.70. The summed E-state index contributed by atoms with van der Waals surface area (Å²) in [5.41, 5.74) is 4.31. The molecule has 2 saturated heterocycles.